The molecule has 4 nitrogen and oxygen atoms in total. The quantitative estimate of drug-likeness (QED) is 0.770. The summed E-state index contributed by atoms with van der Waals surface area (Å²) in [7, 11) is 0. The standard InChI is InChI=1S/C16H13F2N3O/c1-16(17,18)12-4-2-3-11(7-12)15(22)21-13-8-10-5-6-19-14(10)20-9-13/h2-9H,1H3,(H,19,20)(H,21,22). The molecule has 0 saturated heterocycles. The Morgan fingerprint density at radius 1 is 1.27 bits per heavy atom. The lowest BCUT2D eigenvalue weighted by molar-refractivity contribution is 0.0174. The molecule has 0 radical (unpaired) electrons. The number of pyridine rings is 1. The van der Waals surface area contributed by atoms with Crippen LogP contribution in [0.5, 0.6) is 0 Å². The van der Waals surface area contributed by atoms with Gasteiger partial charge in [-0.3, -0.25) is 4.79 Å². The Balaban J connectivity index is 1.85. The maximum absolute atomic E-state index is 13.3. The number of anilines is 1. The van der Waals surface area contributed by atoms with Crippen molar-refractivity contribution >= 4 is 22.6 Å². The molecule has 0 aliphatic heterocycles. The molecule has 3 aromatic rings. The highest BCUT2D eigenvalue weighted by atomic mass is 19.3. The molecule has 0 aliphatic carbocycles. The fourth-order valence-electron chi connectivity index (χ4n) is 2.14. The van der Waals surface area contributed by atoms with Crippen molar-refractivity contribution in [3.8, 4) is 0 Å². The number of carbonyl (C=O) groups excluding carboxylic acids is 1. The minimum absolute atomic E-state index is 0.174. The monoisotopic (exact) mass is 301 g/mol. The third kappa shape index (κ3) is 2.81. The first-order valence-corrected chi connectivity index (χ1v) is 6.66. The van der Waals surface area contributed by atoms with Crippen LogP contribution in [0.4, 0.5) is 14.5 Å². The summed E-state index contributed by atoms with van der Waals surface area (Å²) in [6.45, 7) is 0.799. The molecule has 6 heteroatoms. The summed E-state index contributed by atoms with van der Waals surface area (Å²) < 4.78 is 26.6. The summed E-state index contributed by atoms with van der Waals surface area (Å²) in [5, 5.41) is 3.51. The first kappa shape index (κ1) is 14.2. The highest BCUT2D eigenvalue weighted by Gasteiger charge is 2.24. The number of benzene rings is 1. The Bertz CT molecular complexity index is 837. The van der Waals surface area contributed by atoms with Gasteiger partial charge in [-0.15, -0.1) is 0 Å². The summed E-state index contributed by atoms with van der Waals surface area (Å²) in [6, 6.07) is 9.01. The molecule has 0 atom stereocenters. The Labute approximate surface area is 125 Å². The number of aromatic amines is 1. The molecule has 0 spiro atoms. The predicted molar refractivity (Wildman–Crippen MR) is 80.1 cm³/mol. The molecule has 2 aromatic heterocycles. The number of hydrogen-bond acceptors (Lipinski definition) is 2. The number of hydrogen-bond donors (Lipinski definition) is 2. The van der Waals surface area contributed by atoms with Crippen LogP contribution in [0.25, 0.3) is 11.0 Å². The minimum atomic E-state index is -2.98. The van der Waals surface area contributed by atoms with Crippen LogP contribution in [0.15, 0.2) is 48.8 Å². The Morgan fingerprint density at radius 2 is 2.09 bits per heavy atom. The van der Waals surface area contributed by atoms with Crippen LogP contribution in [-0.4, -0.2) is 15.9 Å². The summed E-state index contributed by atoms with van der Waals surface area (Å²) in [6.07, 6.45) is 3.26. The zero-order valence-electron chi connectivity index (χ0n) is 11.7. The van der Waals surface area contributed by atoms with E-state index < -0.39 is 11.8 Å². The van der Waals surface area contributed by atoms with E-state index in [4.69, 9.17) is 0 Å². The zero-order chi connectivity index (χ0) is 15.7. The van der Waals surface area contributed by atoms with Crippen LogP contribution in [0.3, 0.4) is 0 Å². The van der Waals surface area contributed by atoms with E-state index in [0.29, 0.717) is 11.3 Å². The number of alkyl halides is 2. The molecule has 22 heavy (non-hydrogen) atoms. The van der Waals surface area contributed by atoms with E-state index in [9.17, 15) is 13.6 Å². The van der Waals surface area contributed by atoms with Crippen molar-refractivity contribution in [1.29, 1.82) is 0 Å². The van der Waals surface area contributed by atoms with Gasteiger partial charge in [-0.05, 0) is 24.3 Å². The lowest BCUT2D eigenvalue weighted by Crippen LogP contribution is -2.14. The lowest BCUT2D eigenvalue weighted by Gasteiger charge is -2.12. The summed E-state index contributed by atoms with van der Waals surface area (Å²) >= 11 is 0. The number of fused-ring (bicyclic) bond motifs is 1. The van der Waals surface area contributed by atoms with Crippen molar-refractivity contribution in [2.75, 3.05) is 5.32 Å². The summed E-state index contributed by atoms with van der Waals surface area (Å²) in [5.41, 5.74) is 1.20. The van der Waals surface area contributed by atoms with Crippen LogP contribution in [0.1, 0.15) is 22.8 Å². The molecule has 3 rings (SSSR count). The Kier molecular flexibility index (Phi) is 3.36. The molecule has 2 heterocycles. The molecule has 1 aromatic carbocycles. The van der Waals surface area contributed by atoms with E-state index in [1.54, 1.807) is 12.3 Å². The largest absolute Gasteiger partial charge is 0.346 e. The average molecular weight is 301 g/mol. The number of nitrogens with zero attached hydrogens (tertiary/aromatic N) is 1. The van der Waals surface area contributed by atoms with Gasteiger partial charge >= 0.3 is 0 Å². The summed E-state index contributed by atoms with van der Waals surface area (Å²) in [4.78, 5) is 19.3. The SMILES string of the molecule is CC(F)(F)c1cccc(C(=O)Nc2cnc3[nH]ccc3c2)c1. The summed E-state index contributed by atoms with van der Waals surface area (Å²) in [5.74, 6) is -3.44. The van der Waals surface area contributed by atoms with Gasteiger partial charge in [-0.2, -0.15) is 0 Å². The van der Waals surface area contributed by atoms with Gasteiger partial charge < -0.3 is 10.3 Å². The van der Waals surface area contributed by atoms with E-state index in [2.05, 4.69) is 15.3 Å². The van der Waals surface area contributed by atoms with Crippen molar-refractivity contribution in [2.24, 2.45) is 0 Å². The molecule has 112 valence electrons. The van der Waals surface area contributed by atoms with Gasteiger partial charge in [-0.1, -0.05) is 12.1 Å². The lowest BCUT2D eigenvalue weighted by atomic mass is 10.1. The van der Waals surface area contributed by atoms with Crippen LogP contribution in [0, 0.1) is 0 Å². The van der Waals surface area contributed by atoms with Crippen molar-refractivity contribution in [1.82, 2.24) is 9.97 Å². The first-order chi connectivity index (χ1) is 10.4. The number of halogens is 2. The van der Waals surface area contributed by atoms with Gasteiger partial charge in [0.25, 0.3) is 11.8 Å². The first-order valence-electron chi connectivity index (χ1n) is 6.66. The normalized spacial score (nSPS) is 11.6. The predicted octanol–water partition coefficient (Wildman–Crippen LogP) is 3.93. The molecular weight excluding hydrogens is 288 g/mol. The van der Waals surface area contributed by atoms with Crippen LogP contribution >= 0.6 is 0 Å². The number of aromatic nitrogens is 2. The maximum atomic E-state index is 13.3. The zero-order valence-corrected chi connectivity index (χ0v) is 11.7. The molecule has 0 aliphatic rings. The van der Waals surface area contributed by atoms with Crippen molar-refractivity contribution in [3.05, 3.63) is 59.9 Å². The fraction of sp³-hybridized carbons (Fsp3) is 0.125. The maximum Gasteiger partial charge on any atom is 0.270 e. The number of amides is 1. The fourth-order valence-corrected chi connectivity index (χ4v) is 2.14. The highest BCUT2D eigenvalue weighted by Crippen LogP contribution is 2.27. The molecule has 0 bridgehead atoms. The van der Waals surface area contributed by atoms with E-state index in [0.717, 1.165) is 12.3 Å². The van der Waals surface area contributed by atoms with Gasteiger partial charge in [0, 0.05) is 29.6 Å². The highest BCUT2D eigenvalue weighted by molar-refractivity contribution is 6.04. The molecule has 0 saturated carbocycles. The topological polar surface area (TPSA) is 57.8 Å². The van der Waals surface area contributed by atoms with Gasteiger partial charge in [0.1, 0.15) is 5.65 Å². The molecule has 1 amide bonds. The van der Waals surface area contributed by atoms with Crippen LogP contribution in [-0.2, 0) is 5.92 Å². The van der Waals surface area contributed by atoms with Crippen molar-refractivity contribution < 1.29 is 13.6 Å². The van der Waals surface area contributed by atoms with Crippen LogP contribution < -0.4 is 5.32 Å². The van der Waals surface area contributed by atoms with Gasteiger partial charge in [0.15, 0.2) is 0 Å². The number of nitrogens with one attached hydrogen (secondary N) is 2. The third-order valence-corrected chi connectivity index (χ3v) is 3.29. The molecule has 0 fully saturated rings. The van der Waals surface area contributed by atoms with Crippen LogP contribution in [0.2, 0.25) is 0 Å². The van der Waals surface area contributed by atoms with Crippen molar-refractivity contribution in [2.45, 2.75) is 12.8 Å². The number of H-pyrrole nitrogens is 1. The van der Waals surface area contributed by atoms with Crippen molar-refractivity contribution in [3.63, 3.8) is 0 Å². The smallest absolute Gasteiger partial charge is 0.270 e. The average Bonchev–Trinajstić information content (AvgIpc) is 2.94. The van der Waals surface area contributed by atoms with E-state index in [1.165, 1.54) is 30.5 Å². The van der Waals surface area contributed by atoms with E-state index in [-0.39, 0.29) is 11.1 Å². The third-order valence-electron chi connectivity index (χ3n) is 3.29. The Morgan fingerprint density at radius 3 is 2.86 bits per heavy atom. The molecule has 2 N–H and O–H groups in total. The van der Waals surface area contributed by atoms with Gasteiger partial charge in [0.2, 0.25) is 0 Å². The number of rotatable bonds is 3. The van der Waals surface area contributed by atoms with E-state index >= 15 is 0 Å². The van der Waals surface area contributed by atoms with Gasteiger partial charge in [0.05, 0.1) is 11.9 Å². The van der Waals surface area contributed by atoms with E-state index in [1.807, 2.05) is 6.07 Å². The number of carbonyl (C=O) groups is 1. The van der Waals surface area contributed by atoms with Gasteiger partial charge in [-0.25, -0.2) is 13.8 Å². The second-order valence-corrected chi connectivity index (χ2v) is 5.06. The Hall–Kier alpha value is -2.76. The second kappa shape index (κ2) is 5.22. The molecular formula is C16H13F2N3O. The minimum Gasteiger partial charge on any atom is -0.346 e. The second-order valence-electron chi connectivity index (χ2n) is 5.06. The molecule has 0 unspecified atom stereocenters.